The molecule has 0 unspecified atom stereocenters. The van der Waals surface area contributed by atoms with Crippen molar-refractivity contribution in [3.8, 4) is 39.1 Å². The van der Waals surface area contributed by atoms with E-state index in [0.29, 0.717) is 28.5 Å². The van der Waals surface area contributed by atoms with Gasteiger partial charge in [-0.3, -0.25) is 4.79 Å². The first-order valence-corrected chi connectivity index (χ1v) is 13.4. The number of rotatable bonds is 7. The summed E-state index contributed by atoms with van der Waals surface area (Å²) in [6.45, 7) is 1.86. The van der Waals surface area contributed by atoms with Gasteiger partial charge in [0, 0.05) is 23.5 Å². The number of amides is 1. The summed E-state index contributed by atoms with van der Waals surface area (Å²) in [7, 11) is 1.59. The van der Waals surface area contributed by atoms with Crippen LogP contribution in [0.1, 0.15) is 40.1 Å². The highest BCUT2D eigenvalue weighted by molar-refractivity contribution is 7.18. The van der Waals surface area contributed by atoms with E-state index in [0.717, 1.165) is 53.9 Å². The lowest BCUT2D eigenvalue weighted by molar-refractivity contribution is 0.0729. The number of carbonyl (C=O) groups excluding carboxylic acids is 1. The van der Waals surface area contributed by atoms with Gasteiger partial charge in [0.15, 0.2) is 11.5 Å². The van der Waals surface area contributed by atoms with Gasteiger partial charge in [0.1, 0.15) is 18.5 Å². The van der Waals surface area contributed by atoms with Crippen LogP contribution < -0.4 is 9.47 Å². The molecule has 1 aliphatic rings. The molecule has 7 heteroatoms. The van der Waals surface area contributed by atoms with Gasteiger partial charge in [-0.15, -0.1) is 11.3 Å². The molecule has 0 bridgehead atoms. The largest absolute Gasteiger partial charge is 0.493 e. The van der Waals surface area contributed by atoms with Gasteiger partial charge in [-0.1, -0.05) is 36.4 Å². The topological polar surface area (TPSA) is 62.6 Å². The van der Waals surface area contributed by atoms with E-state index >= 15 is 0 Å². The predicted octanol–water partition coefficient (Wildman–Crippen LogP) is 7.31. The van der Waals surface area contributed by atoms with Gasteiger partial charge < -0.3 is 14.4 Å². The van der Waals surface area contributed by atoms with Crippen molar-refractivity contribution in [3.63, 3.8) is 0 Å². The van der Waals surface area contributed by atoms with Crippen molar-refractivity contribution in [1.29, 1.82) is 5.26 Å². The van der Waals surface area contributed by atoms with E-state index in [-0.39, 0.29) is 11.5 Å². The summed E-state index contributed by atoms with van der Waals surface area (Å²) >= 11 is 1.39. The highest BCUT2D eigenvalue weighted by atomic mass is 32.1. The zero-order valence-electron chi connectivity index (χ0n) is 21.1. The van der Waals surface area contributed by atoms with Crippen molar-refractivity contribution in [2.24, 2.45) is 0 Å². The molecule has 38 heavy (non-hydrogen) atoms. The Hall–Kier alpha value is -4.15. The van der Waals surface area contributed by atoms with E-state index in [9.17, 15) is 14.4 Å². The monoisotopic (exact) mass is 526 g/mol. The van der Waals surface area contributed by atoms with Gasteiger partial charge >= 0.3 is 0 Å². The molecule has 4 aromatic rings. The van der Waals surface area contributed by atoms with Crippen LogP contribution in [0.4, 0.5) is 4.39 Å². The molecule has 0 saturated carbocycles. The van der Waals surface area contributed by atoms with Crippen molar-refractivity contribution in [1.82, 2.24) is 4.90 Å². The number of halogens is 1. The third kappa shape index (κ3) is 5.41. The van der Waals surface area contributed by atoms with Crippen LogP contribution in [0.15, 0.2) is 72.8 Å². The second kappa shape index (κ2) is 11.5. The van der Waals surface area contributed by atoms with Crippen molar-refractivity contribution in [2.75, 3.05) is 20.2 Å². The van der Waals surface area contributed by atoms with E-state index in [1.807, 2.05) is 65.6 Å². The zero-order valence-corrected chi connectivity index (χ0v) is 21.9. The number of likely N-dealkylation sites (tertiary alicyclic amines) is 1. The van der Waals surface area contributed by atoms with Crippen molar-refractivity contribution < 1.29 is 18.7 Å². The maximum atomic E-state index is 14.6. The fourth-order valence-corrected chi connectivity index (χ4v) is 5.76. The lowest BCUT2D eigenvalue weighted by Gasteiger charge is -2.26. The van der Waals surface area contributed by atoms with Crippen molar-refractivity contribution in [2.45, 2.75) is 25.9 Å². The van der Waals surface area contributed by atoms with E-state index in [4.69, 9.17) is 9.47 Å². The molecule has 0 N–H and O–H groups in total. The molecule has 0 radical (unpaired) electrons. The first-order valence-electron chi connectivity index (χ1n) is 12.6. The molecule has 1 amide bonds. The minimum absolute atomic E-state index is 0.00891. The van der Waals surface area contributed by atoms with Crippen LogP contribution in [0.25, 0.3) is 21.6 Å². The molecule has 5 rings (SSSR count). The third-order valence-corrected chi connectivity index (χ3v) is 7.82. The Morgan fingerprint density at radius 2 is 1.74 bits per heavy atom. The number of methoxy groups -OCH3 is 1. The number of hydrogen-bond acceptors (Lipinski definition) is 5. The van der Waals surface area contributed by atoms with Crippen LogP contribution in [-0.4, -0.2) is 31.0 Å². The lowest BCUT2D eigenvalue weighted by atomic mass is 10.0. The fraction of sp³-hybridized carbons (Fsp3) is 0.226. The summed E-state index contributed by atoms with van der Waals surface area (Å²) in [6.07, 6.45) is 3.13. The Labute approximate surface area is 225 Å². The maximum Gasteiger partial charge on any atom is 0.263 e. The maximum absolute atomic E-state index is 14.6. The van der Waals surface area contributed by atoms with Gasteiger partial charge in [-0.2, -0.15) is 5.26 Å². The smallest absolute Gasteiger partial charge is 0.263 e. The van der Waals surface area contributed by atoms with E-state index < -0.39 is 5.82 Å². The Balaban J connectivity index is 1.56. The fourth-order valence-electron chi connectivity index (χ4n) is 4.62. The average Bonchev–Trinajstić information content (AvgIpc) is 3.42. The van der Waals surface area contributed by atoms with E-state index in [2.05, 4.69) is 0 Å². The van der Waals surface area contributed by atoms with Crippen molar-refractivity contribution in [3.05, 3.63) is 94.6 Å². The molecule has 5 nitrogen and oxygen atoms in total. The van der Waals surface area contributed by atoms with Gasteiger partial charge in [-0.05, 0) is 72.4 Å². The summed E-state index contributed by atoms with van der Waals surface area (Å²) in [5.74, 6) is 0.568. The number of nitrogens with zero attached hydrogens (tertiary/aromatic N) is 2. The van der Waals surface area contributed by atoms with Gasteiger partial charge in [-0.25, -0.2) is 4.39 Å². The van der Waals surface area contributed by atoms with Gasteiger partial charge in [0.05, 0.1) is 17.6 Å². The molecule has 1 fully saturated rings. The van der Waals surface area contributed by atoms with Crippen LogP contribution in [0.2, 0.25) is 0 Å². The molecular weight excluding hydrogens is 499 g/mol. The Kier molecular flexibility index (Phi) is 7.71. The van der Waals surface area contributed by atoms with Crippen LogP contribution in [-0.2, 0) is 6.61 Å². The molecule has 1 aromatic heterocycles. The highest BCUT2D eigenvalue weighted by Crippen LogP contribution is 2.43. The Morgan fingerprint density at radius 3 is 2.45 bits per heavy atom. The first-order chi connectivity index (χ1) is 18.6. The molecule has 0 atom stereocenters. The average molecular weight is 527 g/mol. The van der Waals surface area contributed by atoms with E-state index in [1.165, 1.54) is 23.5 Å². The summed E-state index contributed by atoms with van der Waals surface area (Å²) in [4.78, 5) is 16.7. The number of ether oxygens (including phenoxy) is 2. The number of hydrogen-bond donors (Lipinski definition) is 0. The first kappa shape index (κ1) is 25.5. The standard InChI is InChI=1S/C31H27FN2O3S/c1-36-27-13-12-23(17-28(27)37-20-21-8-4-2-5-9-21)30-25(22-10-11-24(19-33)26(32)16-22)18-29(38-30)31(35)34-14-6-3-7-15-34/h2,4-5,8-13,16-18H,3,6-7,14-15,20H2,1H3. The Bertz CT molecular complexity index is 1490. The number of benzene rings is 3. The Morgan fingerprint density at radius 1 is 0.974 bits per heavy atom. The molecule has 3 aromatic carbocycles. The van der Waals surface area contributed by atoms with Crippen molar-refractivity contribution >= 4 is 17.2 Å². The molecule has 192 valence electrons. The SMILES string of the molecule is COc1ccc(-c2sc(C(=O)N3CCCCC3)cc2-c2ccc(C#N)c(F)c2)cc1OCc1ccccc1. The van der Waals surface area contributed by atoms with E-state index in [1.54, 1.807) is 13.2 Å². The summed E-state index contributed by atoms with van der Waals surface area (Å²) < 4.78 is 26.3. The molecule has 0 spiro atoms. The van der Waals surface area contributed by atoms with Gasteiger partial charge in [0.25, 0.3) is 5.91 Å². The number of nitriles is 1. The number of piperidine rings is 1. The quantitative estimate of drug-likeness (QED) is 0.253. The predicted molar refractivity (Wildman–Crippen MR) is 147 cm³/mol. The molecule has 1 saturated heterocycles. The summed E-state index contributed by atoms with van der Waals surface area (Å²) in [5, 5.41) is 9.18. The second-order valence-electron chi connectivity index (χ2n) is 9.15. The molecular formula is C31H27FN2O3S. The zero-order chi connectivity index (χ0) is 26.5. The second-order valence-corrected chi connectivity index (χ2v) is 10.2. The summed E-state index contributed by atoms with van der Waals surface area (Å²) in [5.41, 5.74) is 3.18. The highest BCUT2D eigenvalue weighted by Gasteiger charge is 2.24. The van der Waals surface area contributed by atoms with Crippen LogP contribution in [0.3, 0.4) is 0 Å². The lowest BCUT2D eigenvalue weighted by Crippen LogP contribution is -2.35. The summed E-state index contributed by atoms with van der Waals surface area (Å²) in [6, 6.07) is 23.8. The molecule has 1 aliphatic heterocycles. The van der Waals surface area contributed by atoms with Crippen LogP contribution in [0.5, 0.6) is 11.5 Å². The normalized spacial score (nSPS) is 13.1. The van der Waals surface area contributed by atoms with Crippen LogP contribution in [0, 0.1) is 17.1 Å². The molecule has 0 aliphatic carbocycles. The van der Waals surface area contributed by atoms with Crippen LogP contribution >= 0.6 is 11.3 Å². The minimum atomic E-state index is -0.590. The third-order valence-electron chi connectivity index (χ3n) is 6.65. The molecule has 2 heterocycles. The minimum Gasteiger partial charge on any atom is -0.493 e. The van der Waals surface area contributed by atoms with Gasteiger partial charge in [0.2, 0.25) is 0 Å². The number of carbonyl (C=O) groups is 1. The number of thiophene rings is 1.